The Morgan fingerprint density at radius 3 is 3.00 bits per heavy atom. The summed E-state index contributed by atoms with van der Waals surface area (Å²) >= 11 is 5.89. The maximum atomic E-state index is 9.82. The number of halogens is 1. The van der Waals surface area contributed by atoms with Crippen LogP contribution >= 0.6 is 11.6 Å². The Kier molecular flexibility index (Phi) is 3.38. The van der Waals surface area contributed by atoms with Crippen molar-refractivity contribution in [3.63, 3.8) is 0 Å². The number of nitrogens with one attached hydrogen (secondary N) is 1. The van der Waals surface area contributed by atoms with Gasteiger partial charge < -0.3 is 10.1 Å². The number of H-pyrrole nitrogens is 1. The van der Waals surface area contributed by atoms with E-state index in [2.05, 4.69) is 16.9 Å². The van der Waals surface area contributed by atoms with Gasteiger partial charge in [-0.1, -0.05) is 24.6 Å². The molecule has 0 aliphatic carbocycles. The van der Waals surface area contributed by atoms with Crippen LogP contribution in [0.2, 0.25) is 5.02 Å². The first-order chi connectivity index (χ1) is 8.11. The number of fused-ring (bicyclic) bond motifs is 1. The molecule has 1 heterocycles. The van der Waals surface area contributed by atoms with Crippen LogP contribution in [0.1, 0.15) is 25.8 Å². The zero-order chi connectivity index (χ0) is 12.4. The van der Waals surface area contributed by atoms with Crippen LogP contribution in [0.3, 0.4) is 0 Å². The molecular weight excluding hydrogens is 236 g/mol. The number of aromatic hydroxyl groups is 1. The van der Waals surface area contributed by atoms with Gasteiger partial charge in [-0.05, 0) is 25.5 Å². The van der Waals surface area contributed by atoms with Gasteiger partial charge in [0.25, 0.3) is 0 Å². The first-order valence-corrected chi connectivity index (χ1v) is 6.03. The SMILES string of the molecule is CCC(C)N=Cc1c(O)[nH]c2cc(Cl)ccc12. The average Bonchev–Trinajstić information content (AvgIpc) is 2.61. The highest BCUT2D eigenvalue weighted by Crippen LogP contribution is 2.27. The van der Waals surface area contributed by atoms with E-state index in [9.17, 15) is 5.11 Å². The Bertz CT molecular complexity index is 560. The molecule has 1 aromatic heterocycles. The molecule has 4 heteroatoms. The van der Waals surface area contributed by atoms with Crippen molar-refractivity contribution in [3.8, 4) is 5.88 Å². The van der Waals surface area contributed by atoms with Crippen LogP contribution in [0.5, 0.6) is 5.88 Å². The largest absolute Gasteiger partial charge is 0.494 e. The van der Waals surface area contributed by atoms with Crippen molar-refractivity contribution in [2.24, 2.45) is 4.99 Å². The van der Waals surface area contributed by atoms with Crippen molar-refractivity contribution in [1.82, 2.24) is 4.98 Å². The predicted octanol–water partition coefficient (Wildman–Crippen LogP) is 3.74. The molecule has 2 rings (SSSR count). The molecule has 90 valence electrons. The van der Waals surface area contributed by atoms with Crippen LogP contribution in [0.4, 0.5) is 0 Å². The number of nitrogens with zero attached hydrogens (tertiary/aromatic N) is 1. The lowest BCUT2D eigenvalue weighted by Crippen LogP contribution is -1.95. The first-order valence-electron chi connectivity index (χ1n) is 5.65. The molecule has 1 aromatic carbocycles. The average molecular weight is 251 g/mol. The number of hydrogen-bond acceptors (Lipinski definition) is 2. The summed E-state index contributed by atoms with van der Waals surface area (Å²) in [6.07, 6.45) is 2.70. The summed E-state index contributed by atoms with van der Waals surface area (Å²) in [4.78, 5) is 7.27. The van der Waals surface area contributed by atoms with E-state index in [1.807, 2.05) is 13.0 Å². The zero-order valence-corrected chi connectivity index (χ0v) is 10.6. The molecule has 0 amide bonds. The van der Waals surface area contributed by atoms with E-state index in [1.54, 1.807) is 18.3 Å². The van der Waals surface area contributed by atoms with Gasteiger partial charge >= 0.3 is 0 Å². The van der Waals surface area contributed by atoms with E-state index in [-0.39, 0.29) is 11.9 Å². The van der Waals surface area contributed by atoms with Crippen LogP contribution < -0.4 is 0 Å². The van der Waals surface area contributed by atoms with Gasteiger partial charge in [0.05, 0.1) is 11.1 Å². The summed E-state index contributed by atoms with van der Waals surface area (Å²) in [6.45, 7) is 4.12. The Balaban J connectivity index is 2.46. The van der Waals surface area contributed by atoms with Crippen molar-refractivity contribution in [1.29, 1.82) is 0 Å². The van der Waals surface area contributed by atoms with Crippen molar-refractivity contribution in [3.05, 3.63) is 28.8 Å². The maximum Gasteiger partial charge on any atom is 0.198 e. The Morgan fingerprint density at radius 1 is 1.53 bits per heavy atom. The third-order valence-corrected chi connectivity index (χ3v) is 3.06. The van der Waals surface area contributed by atoms with Crippen molar-refractivity contribution < 1.29 is 5.11 Å². The number of rotatable bonds is 3. The Hall–Kier alpha value is -1.48. The molecule has 1 atom stereocenters. The minimum Gasteiger partial charge on any atom is -0.494 e. The van der Waals surface area contributed by atoms with Crippen molar-refractivity contribution in [2.45, 2.75) is 26.3 Å². The zero-order valence-electron chi connectivity index (χ0n) is 9.87. The molecule has 17 heavy (non-hydrogen) atoms. The van der Waals surface area contributed by atoms with Crippen LogP contribution in [0, 0.1) is 0 Å². The highest BCUT2D eigenvalue weighted by molar-refractivity contribution is 6.31. The fraction of sp³-hybridized carbons (Fsp3) is 0.308. The summed E-state index contributed by atoms with van der Waals surface area (Å²) < 4.78 is 0. The molecule has 2 aromatic rings. The lowest BCUT2D eigenvalue weighted by atomic mass is 10.2. The summed E-state index contributed by atoms with van der Waals surface area (Å²) in [6, 6.07) is 5.73. The molecule has 0 radical (unpaired) electrons. The minimum atomic E-state index is 0.134. The molecular formula is C13H15ClN2O. The minimum absolute atomic E-state index is 0.134. The number of aromatic nitrogens is 1. The van der Waals surface area contributed by atoms with Gasteiger partial charge in [-0.2, -0.15) is 0 Å². The highest BCUT2D eigenvalue weighted by Gasteiger charge is 2.09. The normalized spacial score (nSPS) is 13.6. The number of aliphatic imine (C=N–C) groups is 1. The van der Waals surface area contributed by atoms with E-state index >= 15 is 0 Å². The second-order valence-electron chi connectivity index (χ2n) is 4.11. The Labute approximate surface area is 105 Å². The van der Waals surface area contributed by atoms with E-state index in [0.29, 0.717) is 5.02 Å². The van der Waals surface area contributed by atoms with Crippen molar-refractivity contribution >= 4 is 28.7 Å². The highest BCUT2D eigenvalue weighted by atomic mass is 35.5. The lowest BCUT2D eigenvalue weighted by Gasteiger charge is -1.99. The van der Waals surface area contributed by atoms with E-state index in [4.69, 9.17) is 11.6 Å². The number of hydrogen-bond donors (Lipinski definition) is 2. The summed E-state index contributed by atoms with van der Waals surface area (Å²) in [5.74, 6) is 0.134. The monoisotopic (exact) mass is 250 g/mol. The van der Waals surface area contributed by atoms with Gasteiger partial charge in [-0.3, -0.25) is 4.99 Å². The van der Waals surface area contributed by atoms with E-state index < -0.39 is 0 Å². The van der Waals surface area contributed by atoms with Gasteiger partial charge in [0.1, 0.15) is 0 Å². The van der Waals surface area contributed by atoms with Crippen LogP contribution in [0.25, 0.3) is 10.9 Å². The second-order valence-corrected chi connectivity index (χ2v) is 4.55. The standard InChI is InChI=1S/C13H15ClN2O/c1-3-8(2)15-7-11-10-5-4-9(14)6-12(10)16-13(11)17/h4-8,16-17H,3H2,1-2H3. The predicted molar refractivity (Wildman–Crippen MR) is 72.3 cm³/mol. The molecule has 0 saturated heterocycles. The third kappa shape index (κ3) is 2.44. The molecule has 3 nitrogen and oxygen atoms in total. The van der Waals surface area contributed by atoms with Crippen LogP contribution in [0.15, 0.2) is 23.2 Å². The molecule has 0 spiro atoms. The molecule has 0 fully saturated rings. The quantitative estimate of drug-likeness (QED) is 0.801. The molecule has 0 aliphatic rings. The maximum absolute atomic E-state index is 9.82. The molecule has 0 aliphatic heterocycles. The van der Waals surface area contributed by atoms with Crippen molar-refractivity contribution in [2.75, 3.05) is 0 Å². The third-order valence-electron chi connectivity index (χ3n) is 2.83. The summed E-state index contributed by atoms with van der Waals surface area (Å²) in [5, 5.41) is 11.4. The number of aromatic amines is 1. The summed E-state index contributed by atoms with van der Waals surface area (Å²) in [5.41, 5.74) is 1.54. The van der Waals surface area contributed by atoms with Gasteiger partial charge in [0.2, 0.25) is 0 Å². The fourth-order valence-electron chi connectivity index (χ4n) is 1.62. The summed E-state index contributed by atoms with van der Waals surface area (Å²) in [7, 11) is 0. The first kappa shape index (κ1) is 12.0. The molecule has 1 unspecified atom stereocenters. The van der Waals surface area contributed by atoms with E-state index in [1.165, 1.54) is 0 Å². The van der Waals surface area contributed by atoms with Gasteiger partial charge in [-0.25, -0.2) is 0 Å². The van der Waals surface area contributed by atoms with E-state index in [0.717, 1.165) is 22.9 Å². The van der Waals surface area contributed by atoms with Gasteiger partial charge in [0, 0.05) is 22.7 Å². The smallest absolute Gasteiger partial charge is 0.198 e. The molecule has 2 N–H and O–H groups in total. The van der Waals surface area contributed by atoms with Crippen LogP contribution in [-0.4, -0.2) is 22.3 Å². The topological polar surface area (TPSA) is 48.4 Å². The lowest BCUT2D eigenvalue weighted by molar-refractivity contribution is 0.457. The molecule has 0 bridgehead atoms. The Morgan fingerprint density at radius 2 is 2.29 bits per heavy atom. The fourth-order valence-corrected chi connectivity index (χ4v) is 1.79. The van der Waals surface area contributed by atoms with Gasteiger partial charge in [-0.15, -0.1) is 0 Å². The van der Waals surface area contributed by atoms with Crippen LogP contribution in [-0.2, 0) is 0 Å². The van der Waals surface area contributed by atoms with Gasteiger partial charge in [0.15, 0.2) is 5.88 Å². The second kappa shape index (κ2) is 4.80. The molecule has 0 saturated carbocycles. The number of benzene rings is 1.